The van der Waals surface area contributed by atoms with E-state index in [-0.39, 0.29) is 11.8 Å². The van der Waals surface area contributed by atoms with E-state index < -0.39 is 0 Å². The number of nitrogens with one attached hydrogen (secondary N) is 2. The van der Waals surface area contributed by atoms with Gasteiger partial charge in [0.1, 0.15) is 11.5 Å². The van der Waals surface area contributed by atoms with Crippen molar-refractivity contribution in [2.24, 2.45) is 0 Å². The van der Waals surface area contributed by atoms with Crippen molar-refractivity contribution in [3.8, 4) is 90.9 Å². The van der Waals surface area contributed by atoms with Crippen molar-refractivity contribution < 1.29 is 19.1 Å². The van der Waals surface area contributed by atoms with Crippen LogP contribution in [0.2, 0.25) is 0 Å². The smallest absolute Gasteiger partial charge is 0.258 e. The van der Waals surface area contributed by atoms with E-state index in [1.807, 2.05) is 57.5 Å². The minimum Gasteiger partial charge on any atom is -0.494 e. The van der Waals surface area contributed by atoms with E-state index in [4.69, 9.17) is 9.47 Å². The van der Waals surface area contributed by atoms with E-state index in [0.717, 1.165) is 66.8 Å². The predicted octanol–water partition coefficient (Wildman–Crippen LogP) is 24.5. The molecule has 2 aliphatic rings. The van der Waals surface area contributed by atoms with Crippen molar-refractivity contribution in [3.05, 3.63) is 166 Å². The topological polar surface area (TPSA) is 76.7 Å². The minimum absolute atomic E-state index is 0.257. The van der Waals surface area contributed by atoms with Gasteiger partial charge in [0.25, 0.3) is 11.8 Å². The molecule has 10 heterocycles. The van der Waals surface area contributed by atoms with Crippen LogP contribution in [0.15, 0.2) is 157 Å². The van der Waals surface area contributed by atoms with Crippen LogP contribution in [0, 0.1) is 0 Å². The fourth-order valence-corrected chi connectivity index (χ4v) is 20.0. The van der Waals surface area contributed by atoms with Crippen LogP contribution < -0.4 is 20.1 Å². The number of ether oxygens (including phenoxy) is 2. The molecule has 0 radical (unpaired) electrons. The maximum absolute atomic E-state index is 13.8. The van der Waals surface area contributed by atoms with Gasteiger partial charge in [-0.15, -0.1) is 90.7 Å². The average Bonchev–Trinajstić information content (AvgIpc) is 3.12. The lowest BCUT2D eigenvalue weighted by molar-refractivity contribution is -0.117. The Kier molecular flexibility index (Phi) is 21.7. The largest absolute Gasteiger partial charge is 0.494 e. The zero-order valence-corrected chi connectivity index (χ0v) is 56.8. The molecule has 2 aromatic carbocycles. The van der Waals surface area contributed by atoms with Crippen LogP contribution in [0.3, 0.4) is 0 Å². The SMILES string of the molecule is CCCCCCCCCCCCOc1ccc(-c2ccc(-c3ccc(-c4ccc(-c5ccc(C6=C7C(=O)NC(c8ccc(-c9ccc(-c%10ccc(-c%11ccc(-c%12ccc(OCCCCCCCCCCCC)cc%12)s%11)s%10)s9)s8)=C7C(=O)N6)s5)s4)s3)s2)cc1. The lowest BCUT2D eigenvalue weighted by Crippen LogP contribution is -2.20. The van der Waals surface area contributed by atoms with Crippen LogP contribution in [0.25, 0.3) is 90.8 Å². The van der Waals surface area contributed by atoms with Gasteiger partial charge in [0.05, 0.1) is 45.5 Å². The molecule has 88 heavy (non-hydrogen) atoms. The third-order valence-electron chi connectivity index (χ3n) is 16.3. The highest BCUT2D eigenvalue weighted by atomic mass is 32.1. The summed E-state index contributed by atoms with van der Waals surface area (Å²) in [5.41, 5.74) is 4.40. The highest BCUT2D eigenvalue weighted by molar-refractivity contribution is 7.30. The predicted molar refractivity (Wildman–Crippen MR) is 384 cm³/mol. The van der Waals surface area contributed by atoms with Crippen LogP contribution in [-0.2, 0) is 9.59 Å². The first-order chi connectivity index (χ1) is 43.3. The number of hydrogen-bond donors (Lipinski definition) is 2. The molecule has 0 bridgehead atoms. The Balaban J connectivity index is 0.626. The van der Waals surface area contributed by atoms with Crippen LogP contribution in [0.5, 0.6) is 11.5 Å². The van der Waals surface area contributed by atoms with Crippen molar-refractivity contribution >= 4 is 114 Å². The lowest BCUT2D eigenvalue weighted by Gasteiger charge is -2.07. The van der Waals surface area contributed by atoms with Crippen molar-refractivity contribution in [1.82, 2.24) is 10.6 Å². The summed E-state index contributed by atoms with van der Waals surface area (Å²) in [7, 11) is 0. The summed E-state index contributed by atoms with van der Waals surface area (Å²) in [4.78, 5) is 46.2. The quantitative estimate of drug-likeness (QED) is 0.0394. The van der Waals surface area contributed by atoms with E-state index in [9.17, 15) is 9.59 Å². The summed E-state index contributed by atoms with van der Waals surface area (Å²) in [5.74, 6) is 1.37. The van der Waals surface area contributed by atoms with E-state index in [1.54, 1.807) is 45.3 Å². The number of fused-ring (bicyclic) bond motifs is 1. The van der Waals surface area contributed by atoms with Gasteiger partial charge in [-0.05, 0) is 170 Å². The second-order valence-corrected chi connectivity index (χ2v) is 31.5. The summed E-state index contributed by atoms with van der Waals surface area (Å²) < 4.78 is 12.2. The first kappa shape index (κ1) is 62.3. The van der Waals surface area contributed by atoms with Crippen molar-refractivity contribution in [2.75, 3.05) is 13.2 Å². The third-order valence-corrected chi connectivity index (χ3v) is 26.3. The number of unbranched alkanes of at least 4 members (excludes halogenated alkanes) is 18. The van der Waals surface area contributed by atoms with Crippen LogP contribution in [-0.4, -0.2) is 25.0 Å². The summed E-state index contributed by atoms with van der Waals surface area (Å²) >= 11 is 14.0. The Morgan fingerprint density at radius 2 is 0.477 bits per heavy atom. The lowest BCUT2D eigenvalue weighted by atomic mass is 10.1. The molecule has 10 aromatic rings. The van der Waals surface area contributed by atoms with Crippen molar-refractivity contribution in [2.45, 2.75) is 142 Å². The van der Waals surface area contributed by atoms with Gasteiger partial charge in [0, 0.05) is 68.3 Å². The summed E-state index contributed by atoms with van der Waals surface area (Å²) in [6, 6.07) is 52.0. The van der Waals surface area contributed by atoms with E-state index >= 15 is 0 Å². The second kappa shape index (κ2) is 30.7. The normalized spacial score (nSPS) is 13.1. The molecule has 0 saturated heterocycles. The standard InChI is InChI=1S/C74H76N2O4S8/c1-3-5-7-9-11-13-15-17-19-21-47-79-51-27-23-49(24-28-51)53-31-33-55(81-53)57-35-37-59(83-57)61-39-41-63(85-61)65-43-45-67(87-65)71-69-70(74(78)75-71)72(76-73(69)77)68-46-44-66(88-68)64-42-40-62(86-64)60-38-36-58(84-60)56-34-32-54(82-56)50-25-29-52(30-26-50)80-48-22-20-18-16-14-12-10-8-6-4-2/h23-46H,3-22,47-48H2,1-2H3,(H,75,78)(H,76,77). The number of thiophene rings is 8. The number of hydrogen-bond acceptors (Lipinski definition) is 12. The minimum atomic E-state index is -0.257. The molecule has 6 nitrogen and oxygen atoms in total. The maximum atomic E-state index is 13.8. The molecule has 0 spiro atoms. The molecule has 8 aromatic heterocycles. The number of carbonyl (C=O) groups is 2. The molecule has 0 atom stereocenters. The molecule has 454 valence electrons. The highest BCUT2D eigenvalue weighted by Crippen LogP contribution is 2.49. The Labute approximate surface area is 551 Å². The molecule has 2 aliphatic heterocycles. The van der Waals surface area contributed by atoms with E-state index in [0.29, 0.717) is 22.5 Å². The fourth-order valence-electron chi connectivity index (χ4n) is 11.4. The van der Waals surface area contributed by atoms with Gasteiger partial charge >= 0.3 is 0 Å². The Morgan fingerprint density at radius 1 is 0.261 bits per heavy atom. The van der Waals surface area contributed by atoms with Gasteiger partial charge in [-0.1, -0.05) is 129 Å². The van der Waals surface area contributed by atoms with Gasteiger partial charge < -0.3 is 20.1 Å². The Morgan fingerprint density at radius 3 is 0.750 bits per heavy atom. The molecule has 0 fully saturated rings. The van der Waals surface area contributed by atoms with Gasteiger partial charge in [-0.2, -0.15) is 0 Å². The molecule has 2 N–H and O–H groups in total. The van der Waals surface area contributed by atoms with Crippen molar-refractivity contribution in [1.29, 1.82) is 0 Å². The molecule has 14 heteroatoms. The summed E-state index contributed by atoms with van der Waals surface area (Å²) in [5, 5.41) is 6.18. The average molecular weight is 1310 g/mol. The summed E-state index contributed by atoms with van der Waals surface area (Å²) in [6.45, 7) is 6.11. The molecule has 0 aliphatic carbocycles. The molecular weight excluding hydrogens is 1240 g/mol. The Bertz CT molecular complexity index is 3720. The fraction of sp³-hybridized carbons (Fsp3) is 0.324. The zero-order valence-electron chi connectivity index (χ0n) is 50.3. The van der Waals surface area contributed by atoms with Gasteiger partial charge in [0.2, 0.25) is 0 Å². The third kappa shape index (κ3) is 15.4. The molecule has 0 saturated carbocycles. The highest BCUT2D eigenvalue weighted by Gasteiger charge is 2.42. The summed E-state index contributed by atoms with van der Waals surface area (Å²) in [6.07, 6.45) is 26.5. The van der Waals surface area contributed by atoms with Crippen molar-refractivity contribution in [3.63, 3.8) is 0 Å². The molecule has 2 amide bonds. The number of benzene rings is 2. The van der Waals surface area contributed by atoms with Crippen LogP contribution in [0.4, 0.5) is 0 Å². The number of carbonyl (C=O) groups excluding carboxylic acids is 2. The molecule has 0 unspecified atom stereocenters. The molecular formula is C74H76N2O4S8. The number of amides is 2. The maximum Gasteiger partial charge on any atom is 0.258 e. The second-order valence-electron chi connectivity index (χ2n) is 22.8. The van der Waals surface area contributed by atoms with Gasteiger partial charge in [-0.3, -0.25) is 9.59 Å². The van der Waals surface area contributed by atoms with Gasteiger partial charge in [0.15, 0.2) is 0 Å². The number of rotatable bonds is 34. The van der Waals surface area contributed by atoms with Crippen LogP contribution >= 0.6 is 90.7 Å². The first-order valence-electron chi connectivity index (χ1n) is 31.8. The Hall–Kier alpha value is -5.94. The first-order valence-corrected chi connectivity index (χ1v) is 38.3. The van der Waals surface area contributed by atoms with Gasteiger partial charge in [-0.25, -0.2) is 0 Å². The van der Waals surface area contributed by atoms with E-state index in [2.05, 4.69) is 158 Å². The zero-order chi connectivity index (χ0) is 60.0. The molecule has 12 rings (SSSR count). The van der Waals surface area contributed by atoms with E-state index in [1.165, 1.54) is 175 Å². The van der Waals surface area contributed by atoms with Crippen LogP contribution in [0.1, 0.15) is 152 Å². The monoisotopic (exact) mass is 1310 g/mol.